The fraction of sp³-hybridized carbons (Fsp3) is 0.381. The molecule has 0 aliphatic heterocycles. The van der Waals surface area contributed by atoms with E-state index in [1.807, 2.05) is 6.07 Å². The van der Waals surface area contributed by atoms with Crippen molar-refractivity contribution in [3.05, 3.63) is 60.2 Å². The van der Waals surface area contributed by atoms with E-state index in [4.69, 9.17) is 0 Å². The number of amides is 1. The van der Waals surface area contributed by atoms with Gasteiger partial charge in [-0.1, -0.05) is 73.9 Å². The quantitative estimate of drug-likeness (QED) is 0.835. The molecule has 3 rings (SSSR count). The predicted octanol–water partition coefficient (Wildman–Crippen LogP) is 5.11. The Hall–Kier alpha value is -2.09. The topological polar surface area (TPSA) is 29.1 Å². The fourth-order valence-electron chi connectivity index (χ4n) is 3.37. The summed E-state index contributed by atoms with van der Waals surface area (Å²) in [5, 5.41) is 3.19. The number of nitrogens with one attached hydrogen (secondary N) is 1. The summed E-state index contributed by atoms with van der Waals surface area (Å²) >= 11 is 0. The van der Waals surface area contributed by atoms with Gasteiger partial charge in [-0.3, -0.25) is 4.79 Å². The lowest BCUT2D eigenvalue weighted by atomic mass is 9.88. The maximum atomic E-state index is 12.4. The molecule has 0 saturated heterocycles. The molecule has 0 heterocycles. The van der Waals surface area contributed by atoms with Crippen molar-refractivity contribution in [3.8, 4) is 11.1 Å². The smallest absolute Gasteiger partial charge is 0.223 e. The van der Waals surface area contributed by atoms with Crippen LogP contribution in [0.25, 0.3) is 11.1 Å². The minimum absolute atomic E-state index is 0.0641. The second-order valence-corrected chi connectivity index (χ2v) is 6.55. The van der Waals surface area contributed by atoms with Gasteiger partial charge in [0.05, 0.1) is 6.04 Å². The zero-order valence-electron chi connectivity index (χ0n) is 13.8. The van der Waals surface area contributed by atoms with Crippen LogP contribution in [0.15, 0.2) is 54.6 Å². The molecule has 1 unspecified atom stereocenters. The Morgan fingerprint density at radius 2 is 1.52 bits per heavy atom. The van der Waals surface area contributed by atoms with E-state index in [1.54, 1.807) is 0 Å². The Morgan fingerprint density at radius 3 is 2.17 bits per heavy atom. The van der Waals surface area contributed by atoms with Crippen molar-refractivity contribution in [2.24, 2.45) is 5.92 Å². The van der Waals surface area contributed by atoms with E-state index in [2.05, 4.69) is 60.8 Å². The first-order chi connectivity index (χ1) is 11.2. The number of hydrogen-bond donors (Lipinski definition) is 1. The van der Waals surface area contributed by atoms with Gasteiger partial charge in [0.2, 0.25) is 5.91 Å². The number of carbonyl (C=O) groups excluding carboxylic acids is 1. The van der Waals surface area contributed by atoms with E-state index in [-0.39, 0.29) is 17.9 Å². The summed E-state index contributed by atoms with van der Waals surface area (Å²) in [5.74, 6) is 0.444. The summed E-state index contributed by atoms with van der Waals surface area (Å²) in [4.78, 5) is 12.4. The molecule has 2 nitrogen and oxygen atoms in total. The normalized spacial score (nSPS) is 16.7. The van der Waals surface area contributed by atoms with Gasteiger partial charge in [0.25, 0.3) is 0 Å². The Bertz CT molecular complexity index is 627. The van der Waals surface area contributed by atoms with Crippen molar-refractivity contribution in [2.75, 3.05) is 0 Å². The van der Waals surface area contributed by atoms with Crippen LogP contribution in [0, 0.1) is 5.92 Å². The lowest BCUT2D eigenvalue weighted by Gasteiger charge is -2.23. The van der Waals surface area contributed by atoms with Crippen molar-refractivity contribution in [1.82, 2.24) is 5.32 Å². The highest BCUT2D eigenvalue weighted by atomic mass is 16.1. The zero-order valence-corrected chi connectivity index (χ0v) is 13.8. The van der Waals surface area contributed by atoms with Gasteiger partial charge in [0, 0.05) is 5.92 Å². The van der Waals surface area contributed by atoms with E-state index in [9.17, 15) is 4.79 Å². The molecule has 0 aromatic heterocycles. The van der Waals surface area contributed by atoms with E-state index in [0.717, 1.165) is 18.4 Å². The van der Waals surface area contributed by atoms with Crippen LogP contribution in [-0.4, -0.2) is 5.91 Å². The van der Waals surface area contributed by atoms with Crippen LogP contribution in [0.1, 0.15) is 50.6 Å². The van der Waals surface area contributed by atoms with Gasteiger partial charge in [-0.2, -0.15) is 0 Å². The molecule has 1 N–H and O–H groups in total. The lowest BCUT2D eigenvalue weighted by Crippen LogP contribution is -2.33. The summed E-state index contributed by atoms with van der Waals surface area (Å²) < 4.78 is 0. The molecule has 120 valence electrons. The van der Waals surface area contributed by atoms with Crippen molar-refractivity contribution in [3.63, 3.8) is 0 Å². The van der Waals surface area contributed by atoms with E-state index in [1.165, 1.54) is 30.4 Å². The maximum absolute atomic E-state index is 12.4. The highest BCUT2D eigenvalue weighted by Gasteiger charge is 2.22. The van der Waals surface area contributed by atoms with Gasteiger partial charge in [-0.25, -0.2) is 0 Å². The van der Waals surface area contributed by atoms with Gasteiger partial charge in [0.1, 0.15) is 0 Å². The number of benzene rings is 2. The number of carbonyl (C=O) groups is 1. The van der Waals surface area contributed by atoms with Crippen LogP contribution >= 0.6 is 0 Å². The summed E-state index contributed by atoms with van der Waals surface area (Å²) in [7, 11) is 0. The second kappa shape index (κ2) is 7.45. The molecule has 1 saturated carbocycles. The molecule has 2 heteroatoms. The van der Waals surface area contributed by atoms with E-state index in [0.29, 0.717) is 0 Å². The van der Waals surface area contributed by atoms with Gasteiger partial charge < -0.3 is 5.32 Å². The standard InChI is InChI=1S/C21H25NO/c1-16(22-21(23)20-10-6-3-7-11-20)17-12-14-19(15-13-17)18-8-4-2-5-9-18/h2,4-5,8-9,12-16,20H,3,6-7,10-11H2,1H3,(H,22,23). The average molecular weight is 307 g/mol. The van der Waals surface area contributed by atoms with Crippen LogP contribution in [-0.2, 0) is 4.79 Å². The Kier molecular flexibility index (Phi) is 5.12. The molecule has 2 aromatic carbocycles. The van der Waals surface area contributed by atoms with Crippen molar-refractivity contribution in [2.45, 2.75) is 45.1 Å². The molecule has 23 heavy (non-hydrogen) atoms. The second-order valence-electron chi connectivity index (χ2n) is 6.55. The fourth-order valence-corrected chi connectivity index (χ4v) is 3.37. The molecule has 1 atom stereocenters. The Balaban J connectivity index is 1.63. The Morgan fingerprint density at radius 1 is 0.913 bits per heavy atom. The SMILES string of the molecule is CC(NC(=O)C1CCCCC1)c1ccc(-c2ccccc2)cc1. The number of hydrogen-bond acceptors (Lipinski definition) is 1. The maximum Gasteiger partial charge on any atom is 0.223 e. The first-order valence-electron chi connectivity index (χ1n) is 8.70. The molecule has 2 aromatic rings. The van der Waals surface area contributed by atoms with Crippen molar-refractivity contribution >= 4 is 5.91 Å². The van der Waals surface area contributed by atoms with Crippen molar-refractivity contribution < 1.29 is 4.79 Å². The van der Waals surface area contributed by atoms with E-state index < -0.39 is 0 Å². The summed E-state index contributed by atoms with van der Waals surface area (Å²) in [6.45, 7) is 2.07. The molecule has 0 bridgehead atoms. The van der Waals surface area contributed by atoms with Crippen LogP contribution in [0.2, 0.25) is 0 Å². The summed E-state index contributed by atoms with van der Waals surface area (Å²) in [6.07, 6.45) is 5.76. The highest BCUT2D eigenvalue weighted by molar-refractivity contribution is 5.79. The molecule has 1 aliphatic carbocycles. The molecule has 1 amide bonds. The minimum Gasteiger partial charge on any atom is -0.349 e. The van der Waals surface area contributed by atoms with Gasteiger partial charge >= 0.3 is 0 Å². The highest BCUT2D eigenvalue weighted by Crippen LogP contribution is 2.25. The van der Waals surface area contributed by atoms with Gasteiger partial charge in [0.15, 0.2) is 0 Å². The first kappa shape index (κ1) is 15.8. The van der Waals surface area contributed by atoms with Crippen LogP contribution in [0.4, 0.5) is 0 Å². The monoisotopic (exact) mass is 307 g/mol. The van der Waals surface area contributed by atoms with Crippen LogP contribution in [0.3, 0.4) is 0 Å². The minimum atomic E-state index is 0.0641. The summed E-state index contributed by atoms with van der Waals surface area (Å²) in [6, 6.07) is 18.9. The first-order valence-corrected chi connectivity index (χ1v) is 8.70. The third kappa shape index (κ3) is 4.01. The third-order valence-electron chi connectivity index (χ3n) is 4.85. The van der Waals surface area contributed by atoms with Crippen LogP contribution < -0.4 is 5.32 Å². The molecule has 0 spiro atoms. The van der Waals surface area contributed by atoms with Gasteiger partial charge in [-0.15, -0.1) is 0 Å². The van der Waals surface area contributed by atoms with Crippen molar-refractivity contribution in [1.29, 1.82) is 0 Å². The molecule has 1 fully saturated rings. The van der Waals surface area contributed by atoms with Gasteiger partial charge in [-0.05, 0) is 36.5 Å². The predicted molar refractivity (Wildman–Crippen MR) is 95.0 cm³/mol. The average Bonchev–Trinajstić information content (AvgIpc) is 2.63. The Labute approximate surface area is 138 Å². The van der Waals surface area contributed by atoms with E-state index >= 15 is 0 Å². The molecular weight excluding hydrogens is 282 g/mol. The number of rotatable bonds is 4. The molecule has 0 radical (unpaired) electrons. The van der Waals surface area contributed by atoms with Crippen LogP contribution in [0.5, 0.6) is 0 Å². The molecule has 1 aliphatic rings. The zero-order chi connectivity index (χ0) is 16.1. The molecular formula is C21H25NO. The lowest BCUT2D eigenvalue weighted by molar-refractivity contribution is -0.126. The largest absolute Gasteiger partial charge is 0.349 e. The summed E-state index contributed by atoms with van der Waals surface area (Å²) in [5.41, 5.74) is 3.59. The third-order valence-corrected chi connectivity index (χ3v) is 4.85.